The summed E-state index contributed by atoms with van der Waals surface area (Å²) in [6.45, 7) is 4.60. The number of carboxylic acid groups (broad SMARTS) is 1. The number of aliphatic carboxylic acids is 1. The molecule has 1 N–H and O–H groups in total. The summed E-state index contributed by atoms with van der Waals surface area (Å²) in [5.41, 5.74) is -1.36. The lowest BCUT2D eigenvalue weighted by atomic mass is 9.76. The third-order valence-electron chi connectivity index (χ3n) is 3.39. The van der Waals surface area contributed by atoms with E-state index in [9.17, 15) is 22.8 Å². The third-order valence-corrected chi connectivity index (χ3v) is 3.39. The minimum atomic E-state index is -4.48. The Morgan fingerprint density at radius 1 is 1.26 bits per heavy atom. The monoisotopic (exact) mass is 283 g/mol. The molecule has 0 aliphatic rings. The maximum Gasteiger partial charge on any atom is 0.406 e. The lowest BCUT2D eigenvalue weighted by Crippen LogP contribution is -2.44. The Morgan fingerprint density at radius 3 is 2.00 bits per heavy atom. The molecule has 0 aromatic carbocycles. The molecule has 0 aliphatic carbocycles. The first-order chi connectivity index (χ1) is 8.44. The SMILES string of the molecule is CCN(CC(F)(F)F)C(=O)CC(C)(C(=O)O)C(C)C. The van der Waals surface area contributed by atoms with Crippen LogP contribution in [0.5, 0.6) is 0 Å². The van der Waals surface area contributed by atoms with E-state index in [0.29, 0.717) is 4.90 Å². The lowest BCUT2D eigenvalue weighted by molar-refractivity contribution is -0.166. The van der Waals surface area contributed by atoms with E-state index < -0.39 is 36.4 Å². The van der Waals surface area contributed by atoms with Crippen LogP contribution in [0.2, 0.25) is 0 Å². The minimum absolute atomic E-state index is 0.105. The highest BCUT2D eigenvalue weighted by Crippen LogP contribution is 2.32. The van der Waals surface area contributed by atoms with Gasteiger partial charge in [0.25, 0.3) is 0 Å². The number of hydrogen-bond donors (Lipinski definition) is 1. The highest BCUT2D eigenvalue weighted by molar-refractivity contribution is 5.85. The Labute approximate surface area is 110 Å². The fourth-order valence-electron chi connectivity index (χ4n) is 1.55. The van der Waals surface area contributed by atoms with Crippen LogP contribution < -0.4 is 0 Å². The summed E-state index contributed by atoms with van der Waals surface area (Å²) >= 11 is 0. The number of amides is 1. The number of halogens is 3. The van der Waals surface area contributed by atoms with Crippen LogP contribution in [-0.2, 0) is 9.59 Å². The van der Waals surface area contributed by atoms with Gasteiger partial charge in [0.05, 0.1) is 5.41 Å². The Balaban J connectivity index is 4.95. The summed E-state index contributed by atoms with van der Waals surface area (Å²) in [6.07, 6.45) is -4.92. The zero-order valence-corrected chi connectivity index (χ0v) is 11.5. The second-order valence-corrected chi connectivity index (χ2v) is 5.08. The molecule has 0 heterocycles. The van der Waals surface area contributed by atoms with Gasteiger partial charge in [-0.05, 0) is 19.8 Å². The second-order valence-electron chi connectivity index (χ2n) is 5.08. The Kier molecular flexibility index (Phi) is 5.83. The van der Waals surface area contributed by atoms with Crippen molar-refractivity contribution in [2.45, 2.75) is 40.3 Å². The van der Waals surface area contributed by atoms with Gasteiger partial charge >= 0.3 is 12.1 Å². The number of carbonyl (C=O) groups excluding carboxylic acids is 1. The van der Waals surface area contributed by atoms with Crippen molar-refractivity contribution < 1.29 is 27.9 Å². The summed E-state index contributed by atoms with van der Waals surface area (Å²) in [6, 6.07) is 0. The van der Waals surface area contributed by atoms with Gasteiger partial charge < -0.3 is 10.0 Å². The number of rotatable bonds is 6. The molecule has 0 rings (SSSR count). The molecule has 0 radical (unpaired) electrons. The zero-order valence-electron chi connectivity index (χ0n) is 11.5. The largest absolute Gasteiger partial charge is 0.481 e. The number of carbonyl (C=O) groups is 2. The lowest BCUT2D eigenvalue weighted by Gasteiger charge is -2.31. The molecule has 0 aromatic rings. The van der Waals surface area contributed by atoms with Gasteiger partial charge in [-0.15, -0.1) is 0 Å². The highest BCUT2D eigenvalue weighted by Gasteiger charge is 2.41. The van der Waals surface area contributed by atoms with Crippen LogP contribution in [0.25, 0.3) is 0 Å². The number of nitrogens with zero attached hydrogens (tertiary/aromatic N) is 1. The molecule has 112 valence electrons. The van der Waals surface area contributed by atoms with Gasteiger partial charge in [0.15, 0.2) is 0 Å². The second kappa shape index (κ2) is 6.25. The minimum Gasteiger partial charge on any atom is -0.481 e. The van der Waals surface area contributed by atoms with Gasteiger partial charge in [0.2, 0.25) is 5.91 Å². The predicted octanol–water partition coefficient (Wildman–Crippen LogP) is 2.53. The molecule has 0 aliphatic heterocycles. The Morgan fingerprint density at radius 2 is 1.74 bits per heavy atom. The van der Waals surface area contributed by atoms with Crippen LogP contribution in [0.1, 0.15) is 34.1 Å². The summed E-state index contributed by atoms with van der Waals surface area (Å²) in [5, 5.41) is 9.15. The van der Waals surface area contributed by atoms with Gasteiger partial charge in [-0.2, -0.15) is 13.2 Å². The molecule has 0 aromatic heterocycles. The third kappa shape index (κ3) is 5.08. The molecule has 1 unspecified atom stereocenters. The van der Waals surface area contributed by atoms with Crippen LogP contribution in [0.3, 0.4) is 0 Å². The van der Waals surface area contributed by atoms with E-state index in [2.05, 4.69) is 0 Å². The van der Waals surface area contributed by atoms with Gasteiger partial charge in [-0.1, -0.05) is 13.8 Å². The van der Waals surface area contributed by atoms with Crippen molar-refractivity contribution in [3.05, 3.63) is 0 Å². The molecule has 0 saturated heterocycles. The molecule has 0 saturated carbocycles. The smallest absolute Gasteiger partial charge is 0.406 e. The highest BCUT2D eigenvalue weighted by atomic mass is 19.4. The number of hydrogen-bond acceptors (Lipinski definition) is 2. The molecule has 1 atom stereocenters. The van der Waals surface area contributed by atoms with Crippen molar-refractivity contribution in [1.82, 2.24) is 4.90 Å². The summed E-state index contributed by atoms with van der Waals surface area (Å²) in [7, 11) is 0. The van der Waals surface area contributed by atoms with Crippen molar-refractivity contribution in [3.8, 4) is 0 Å². The van der Waals surface area contributed by atoms with Crippen LogP contribution in [-0.4, -0.2) is 41.1 Å². The van der Waals surface area contributed by atoms with E-state index in [1.807, 2.05) is 0 Å². The maximum absolute atomic E-state index is 12.3. The van der Waals surface area contributed by atoms with Gasteiger partial charge in [-0.3, -0.25) is 9.59 Å². The first kappa shape index (κ1) is 17.7. The van der Waals surface area contributed by atoms with Crippen LogP contribution in [0.4, 0.5) is 13.2 Å². The van der Waals surface area contributed by atoms with Gasteiger partial charge in [0, 0.05) is 13.0 Å². The van der Waals surface area contributed by atoms with Crippen molar-refractivity contribution in [2.24, 2.45) is 11.3 Å². The van der Waals surface area contributed by atoms with Gasteiger partial charge in [-0.25, -0.2) is 0 Å². The predicted molar refractivity (Wildman–Crippen MR) is 63.5 cm³/mol. The molecular formula is C12H20F3NO3. The fourth-order valence-corrected chi connectivity index (χ4v) is 1.55. The topological polar surface area (TPSA) is 57.6 Å². The number of carboxylic acids is 1. The average molecular weight is 283 g/mol. The van der Waals surface area contributed by atoms with Crippen molar-refractivity contribution in [1.29, 1.82) is 0 Å². The van der Waals surface area contributed by atoms with Crippen molar-refractivity contribution >= 4 is 11.9 Å². The maximum atomic E-state index is 12.3. The molecule has 1 amide bonds. The molecule has 0 fully saturated rings. The Hall–Kier alpha value is -1.27. The summed E-state index contributed by atoms with van der Waals surface area (Å²) < 4.78 is 36.9. The molecule has 0 bridgehead atoms. The molecule has 0 spiro atoms. The standard InChI is InChI=1S/C12H20F3NO3/c1-5-16(7-12(13,14)15)9(17)6-11(4,8(2)3)10(18)19/h8H,5-7H2,1-4H3,(H,18,19). The van der Waals surface area contributed by atoms with Crippen LogP contribution in [0, 0.1) is 11.3 Å². The van der Waals surface area contributed by atoms with Gasteiger partial charge in [0.1, 0.15) is 6.54 Å². The Bertz CT molecular complexity index is 342. The molecule has 7 heteroatoms. The first-order valence-corrected chi connectivity index (χ1v) is 6.02. The molecule has 19 heavy (non-hydrogen) atoms. The van der Waals surface area contributed by atoms with Crippen LogP contribution in [0.15, 0.2) is 0 Å². The van der Waals surface area contributed by atoms with E-state index in [1.54, 1.807) is 13.8 Å². The zero-order chi connectivity index (χ0) is 15.4. The number of alkyl halides is 3. The average Bonchev–Trinajstić information content (AvgIpc) is 2.23. The van der Waals surface area contributed by atoms with Crippen molar-refractivity contribution in [3.63, 3.8) is 0 Å². The normalized spacial score (nSPS) is 15.2. The van der Waals surface area contributed by atoms with Crippen molar-refractivity contribution in [2.75, 3.05) is 13.1 Å². The fraction of sp³-hybridized carbons (Fsp3) is 0.833. The molecule has 4 nitrogen and oxygen atoms in total. The molecular weight excluding hydrogens is 263 g/mol. The van der Waals surface area contributed by atoms with E-state index in [-0.39, 0.29) is 12.5 Å². The van der Waals surface area contributed by atoms with E-state index in [0.717, 1.165) is 0 Å². The van der Waals surface area contributed by atoms with Crippen LogP contribution >= 0.6 is 0 Å². The van der Waals surface area contributed by atoms with E-state index in [1.165, 1.54) is 13.8 Å². The van der Waals surface area contributed by atoms with E-state index >= 15 is 0 Å². The quantitative estimate of drug-likeness (QED) is 0.815. The summed E-state index contributed by atoms with van der Waals surface area (Å²) in [4.78, 5) is 23.7. The summed E-state index contributed by atoms with van der Waals surface area (Å²) in [5.74, 6) is -2.34. The van der Waals surface area contributed by atoms with E-state index in [4.69, 9.17) is 5.11 Å². The first-order valence-electron chi connectivity index (χ1n) is 6.02.